The second kappa shape index (κ2) is 3.81. The summed E-state index contributed by atoms with van der Waals surface area (Å²) in [5.74, 6) is 0. The van der Waals surface area contributed by atoms with Crippen LogP contribution in [0.3, 0.4) is 0 Å². The van der Waals surface area contributed by atoms with Gasteiger partial charge in [-0.1, -0.05) is 0 Å². The zero-order valence-corrected chi connectivity index (χ0v) is 10.3. The van der Waals surface area contributed by atoms with E-state index < -0.39 is 0 Å². The van der Waals surface area contributed by atoms with Crippen LogP contribution in [0.25, 0.3) is 11.0 Å². The van der Waals surface area contributed by atoms with Crippen molar-refractivity contribution in [2.45, 2.75) is 45.8 Å². The van der Waals surface area contributed by atoms with E-state index in [9.17, 15) is 5.11 Å². The van der Waals surface area contributed by atoms with Gasteiger partial charge in [-0.05, 0) is 44.2 Å². The molecule has 0 spiro atoms. The lowest BCUT2D eigenvalue weighted by Crippen LogP contribution is -2.05. The predicted octanol–water partition coefficient (Wildman–Crippen LogP) is 1.99. The number of aliphatic hydroxyl groups excluding tert-OH is 1. The molecule has 2 aromatic heterocycles. The van der Waals surface area contributed by atoms with Crippen LogP contribution in [0, 0.1) is 0 Å². The number of hydrogen-bond donors (Lipinski definition) is 1. The monoisotopic (exact) mass is 231 g/mol. The van der Waals surface area contributed by atoms with Crippen LogP contribution in [-0.2, 0) is 19.4 Å². The normalized spacial score (nSPS) is 14.8. The van der Waals surface area contributed by atoms with Gasteiger partial charge in [0.25, 0.3) is 0 Å². The highest BCUT2D eigenvalue weighted by atomic mass is 16.3. The molecule has 4 heteroatoms. The molecule has 4 nitrogen and oxygen atoms in total. The fourth-order valence-corrected chi connectivity index (χ4v) is 2.71. The molecule has 1 aliphatic carbocycles. The Morgan fingerprint density at radius 2 is 2.24 bits per heavy atom. The number of aliphatic hydroxyl groups is 1. The van der Waals surface area contributed by atoms with E-state index in [-0.39, 0.29) is 6.61 Å². The maximum absolute atomic E-state index is 9.58. The van der Waals surface area contributed by atoms with E-state index >= 15 is 0 Å². The molecule has 0 radical (unpaired) electrons. The van der Waals surface area contributed by atoms with Gasteiger partial charge in [0.2, 0.25) is 0 Å². The first-order valence-electron chi connectivity index (χ1n) is 6.21. The smallest absolute Gasteiger partial charge is 0.158 e. The van der Waals surface area contributed by atoms with E-state index in [0.29, 0.717) is 6.04 Å². The fourth-order valence-electron chi connectivity index (χ4n) is 2.71. The topological polar surface area (TPSA) is 50.9 Å². The molecule has 0 bridgehead atoms. The number of rotatable bonds is 2. The van der Waals surface area contributed by atoms with Crippen LogP contribution in [0.15, 0.2) is 6.20 Å². The highest BCUT2D eigenvalue weighted by Gasteiger charge is 2.21. The van der Waals surface area contributed by atoms with Crippen molar-refractivity contribution >= 4 is 11.0 Å². The molecule has 1 N–H and O–H groups in total. The van der Waals surface area contributed by atoms with Gasteiger partial charge < -0.3 is 5.11 Å². The molecule has 0 unspecified atom stereocenters. The lowest BCUT2D eigenvalue weighted by molar-refractivity contribution is 0.282. The molecule has 17 heavy (non-hydrogen) atoms. The van der Waals surface area contributed by atoms with E-state index in [4.69, 9.17) is 4.98 Å². The summed E-state index contributed by atoms with van der Waals surface area (Å²) in [5, 5.41) is 15.0. The third-order valence-electron chi connectivity index (χ3n) is 3.54. The highest BCUT2D eigenvalue weighted by Crippen LogP contribution is 2.30. The van der Waals surface area contributed by atoms with Crippen LogP contribution in [0.1, 0.15) is 43.1 Å². The summed E-state index contributed by atoms with van der Waals surface area (Å²) in [7, 11) is 0. The molecule has 3 rings (SSSR count). The van der Waals surface area contributed by atoms with Crippen molar-refractivity contribution in [3.05, 3.63) is 23.0 Å². The standard InChI is InChI=1S/C13H17N3O/c1-8(2)16-13-10(6-14-16)11(7-17)9-4-3-5-12(9)15-13/h6,8,17H,3-5,7H2,1-2H3. The number of aryl methyl sites for hydroxylation is 1. The molecule has 90 valence electrons. The van der Waals surface area contributed by atoms with Gasteiger partial charge in [-0.25, -0.2) is 9.67 Å². The summed E-state index contributed by atoms with van der Waals surface area (Å²) in [5.41, 5.74) is 4.37. The summed E-state index contributed by atoms with van der Waals surface area (Å²) < 4.78 is 1.94. The van der Waals surface area contributed by atoms with Crippen molar-refractivity contribution < 1.29 is 5.11 Å². The fraction of sp³-hybridized carbons (Fsp3) is 0.538. The maximum Gasteiger partial charge on any atom is 0.158 e. The molecule has 0 saturated carbocycles. The number of pyridine rings is 1. The van der Waals surface area contributed by atoms with Crippen LogP contribution >= 0.6 is 0 Å². The minimum Gasteiger partial charge on any atom is -0.392 e. The van der Waals surface area contributed by atoms with E-state index in [1.165, 1.54) is 5.56 Å². The molecule has 0 saturated heterocycles. The zero-order valence-electron chi connectivity index (χ0n) is 10.3. The zero-order chi connectivity index (χ0) is 12.0. The Morgan fingerprint density at radius 3 is 2.94 bits per heavy atom. The molecule has 0 aliphatic heterocycles. The summed E-state index contributed by atoms with van der Waals surface area (Å²) in [6, 6.07) is 0.297. The molecule has 0 atom stereocenters. The summed E-state index contributed by atoms with van der Waals surface area (Å²) in [4.78, 5) is 4.73. The van der Waals surface area contributed by atoms with Crippen molar-refractivity contribution in [3.8, 4) is 0 Å². The quantitative estimate of drug-likeness (QED) is 0.860. The average molecular weight is 231 g/mol. The van der Waals surface area contributed by atoms with Crippen molar-refractivity contribution in [2.24, 2.45) is 0 Å². The van der Waals surface area contributed by atoms with Crippen LogP contribution in [0.2, 0.25) is 0 Å². The van der Waals surface area contributed by atoms with E-state index in [2.05, 4.69) is 18.9 Å². The molecule has 0 fully saturated rings. The lowest BCUT2D eigenvalue weighted by atomic mass is 10.1. The predicted molar refractivity (Wildman–Crippen MR) is 65.9 cm³/mol. The van der Waals surface area contributed by atoms with Crippen molar-refractivity contribution in [1.82, 2.24) is 14.8 Å². The van der Waals surface area contributed by atoms with E-state index in [1.807, 2.05) is 10.9 Å². The molecular weight excluding hydrogens is 214 g/mol. The molecule has 0 amide bonds. The lowest BCUT2D eigenvalue weighted by Gasteiger charge is -2.10. The SMILES string of the molecule is CC(C)n1ncc2c(CO)c3c(nc21)CCC3. The Bertz CT molecular complexity index is 572. The van der Waals surface area contributed by atoms with Gasteiger partial charge in [-0.15, -0.1) is 0 Å². The minimum atomic E-state index is 0.0884. The van der Waals surface area contributed by atoms with Gasteiger partial charge in [0.05, 0.1) is 12.8 Å². The minimum absolute atomic E-state index is 0.0884. The Hall–Kier alpha value is -1.42. The summed E-state index contributed by atoms with van der Waals surface area (Å²) in [6.07, 6.45) is 5.06. The largest absolute Gasteiger partial charge is 0.392 e. The first-order valence-corrected chi connectivity index (χ1v) is 6.21. The summed E-state index contributed by atoms with van der Waals surface area (Å²) >= 11 is 0. The Balaban J connectivity index is 2.34. The van der Waals surface area contributed by atoms with Crippen molar-refractivity contribution in [2.75, 3.05) is 0 Å². The van der Waals surface area contributed by atoms with Crippen LogP contribution < -0.4 is 0 Å². The summed E-state index contributed by atoms with van der Waals surface area (Å²) in [6.45, 7) is 4.28. The molecular formula is C13H17N3O. The van der Waals surface area contributed by atoms with Crippen LogP contribution in [-0.4, -0.2) is 19.9 Å². The maximum atomic E-state index is 9.58. The van der Waals surface area contributed by atoms with Crippen LogP contribution in [0.4, 0.5) is 0 Å². The second-order valence-electron chi connectivity index (χ2n) is 4.95. The first-order chi connectivity index (χ1) is 8.22. The van der Waals surface area contributed by atoms with Crippen molar-refractivity contribution in [1.29, 1.82) is 0 Å². The molecule has 1 aliphatic rings. The Morgan fingerprint density at radius 1 is 1.41 bits per heavy atom. The number of hydrogen-bond acceptors (Lipinski definition) is 3. The average Bonchev–Trinajstić information content (AvgIpc) is 2.90. The van der Waals surface area contributed by atoms with Gasteiger partial charge in [-0.3, -0.25) is 0 Å². The Labute approximate surface area is 100 Å². The number of fused-ring (bicyclic) bond motifs is 2. The van der Waals surface area contributed by atoms with E-state index in [1.54, 1.807) is 0 Å². The third kappa shape index (κ3) is 1.47. The van der Waals surface area contributed by atoms with E-state index in [0.717, 1.165) is 41.6 Å². The van der Waals surface area contributed by atoms with Gasteiger partial charge in [-0.2, -0.15) is 5.10 Å². The van der Waals surface area contributed by atoms with Gasteiger partial charge >= 0.3 is 0 Å². The highest BCUT2D eigenvalue weighted by molar-refractivity contribution is 5.80. The van der Waals surface area contributed by atoms with Gasteiger partial charge in [0.1, 0.15) is 0 Å². The first kappa shape index (κ1) is 10.7. The molecule has 0 aromatic carbocycles. The molecule has 2 aromatic rings. The van der Waals surface area contributed by atoms with Gasteiger partial charge in [0.15, 0.2) is 5.65 Å². The third-order valence-corrected chi connectivity index (χ3v) is 3.54. The number of aromatic nitrogens is 3. The van der Waals surface area contributed by atoms with Gasteiger partial charge in [0, 0.05) is 17.1 Å². The molecule has 2 heterocycles. The van der Waals surface area contributed by atoms with Crippen LogP contribution in [0.5, 0.6) is 0 Å². The number of nitrogens with zero attached hydrogens (tertiary/aromatic N) is 3. The second-order valence-corrected chi connectivity index (χ2v) is 4.95. The van der Waals surface area contributed by atoms with Crippen molar-refractivity contribution in [3.63, 3.8) is 0 Å². The Kier molecular flexibility index (Phi) is 2.40.